The number of fused-ring (bicyclic) bond motifs is 3. The van der Waals surface area contributed by atoms with Crippen LogP contribution in [0.4, 0.5) is 5.69 Å². The molecule has 0 aliphatic heterocycles. The predicted molar refractivity (Wildman–Crippen MR) is 116 cm³/mol. The van der Waals surface area contributed by atoms with Crippen molar-refractivity contribution in [3.8, 4) is 17.4 Å². The fraction of sp³-hybridized carbons (Fsp3) is 0.0435. The second kappa shape index (κ2) is 7.75. The average molecular weight is 411 g/mol. The Morgan fingerprint density at radius 1 is 1.00 bits per heavy atom. The molecule has 5 rings (SSSR count). The van der Waals surface area contributed by atoms with Crippen molar-refractivity contribution in [2.75, 3.05) is 12.4 Å². The number of hydrogen-bond acceptors (Lipinski definition) is 6. The summed E-state index contributed by atoms with van der Waals surface area (Å²) in [6.45, 7) is 0. The highest BCUT2D eigenvalue weighted by Gasteiger charge is 2.15. The first-order chi connectivity index (χ1) is 15.2. The van der Waals surface area contributed by atoms with Gasteiger partial charge in [-0.05, 0) is 42.5 Å². The SMILES string of the molecule is COc1cccc(C(=O)Nc2ccccc2Oc2nc3ccccc3n3cnnc23)c1. The van der Waals surface area contributed by atoms with Crippen LogP contribution in [-0.4, -0.2) is 32.6 Å². The summed E-state index contributed by atoms with van der Waals surface area (Å²) >= 11 is 0. The van der Waals surface area contributed by atoms with Gasteiger partial charge in [0.05, 0.1) is 23.8 Å². The minimum absolute atomic E-state index is 0.283. The van der Waals surface area contributed by atoms with Crippen LogP contribution in [0, 0.1) is 0 Å². The van der Waals surface area contributed by atoms with Crippen molar-refractivity contribution in [1.82, 2.24) is 19.6 Å². The van der Waals surface area contributed by atoms with Gasteiger partial charge in [0.25, 0.3) is 11.8 Å². The molecule has 8 heteroatoms. The number of aromatic nitrogens is 4. The zero-order chi connectivity index (χ0) is 21.2. The summed E-state index contributed by atoms with van der Waals surface area (Å²) in [5, 5.41) is 11.0. The monoisotopic (exact) mass is 411 g/mol. The van der Waals surface area contributed by atoms with Gasteiger partial charge in [0.15, 0.2) is 5.75 Å². The standard InChI is InChI=1S/C23H17N5O3/c1-30-16-8-6-7-15(13-16)22(29)25-18-10-3-5-12-20(18)31-23-21-27-24-14-28(21)19-11-4-2-9-17(19)26-23/h2-14H,1H3,(H,25,29). The van der Waals surface area contributed by atoms with Crippen molar-refractivity contribution >= 4 is 28.3 Å². The lowest BCUT2D eigenvalue weighted by atomic mass is 10.2. The van der Waals surface area contributed by atoms with Gasteiger partial charge >= 0.3 is 0 Å². The molecule has 0 saturated heterocycles. The Kier molecular flexibility index (Phi) is 4.64. The van der Waals surface area contributed by atoms with Crippen molar-refractivity contribution in [1.29, 1.82) is 0 Å². The van der Waals surface area contributed by atoms with E-state index in [1.54, 1.807) is 49.8 Å². The van der Waals surface area contributed by atoms with Crippen LogP contribution < -0.4 is 14.8 Å². The van der Waals surface area contributed by atoms with Crippen LogP contribution in [0.15, 0.2) is 79.1 Å². The number of carbonyl (C=O) groups is 1. The number of benzene rings is 3. The van der Waals surface area contributed by atoms with Crippen LogP contribution in [0.25, 0.3) is 16.7 Å². The van der Waals surface area contributed by atoms with E-state index in [1.165, 1.54) is 0 Å². The Labute approximate surface area is 177 Å². The van der Waals surface area contributed by atoms with Crippen LogP contribution in [0.3, 0.4) is 0 Å². The Balaban J connectivity index is 1.50. The van der Waals surface area contributed by atoms with Gasteiger partial charge in [0, 0.05) is 5.56 Å². The lowest BCUT2D eigenvalue weighted by Gasteiger charge is -2.13. The number of carbonyl (C=O) groups excluding carboxylic acids is 1. The molecule has 0 aliphatic rings. The zero-order valence-electron chi connectivity index (χ0n) is 16.5. The molecule has 0 saturated carbocycles. The van der Waals surface area contributed by atoms with E-state index >= 15 is 0 Å². The maximum absolute atomic E-state index is 12.8. The molecule has 152 valence electrons. The molecule has 8 nitrogen and oxygen atoms in total. The lowest BCUT2D eigenvalue weighted by molar-refractivity contribution is 0.102. The molecule has 0 aliphatic carbocycles. The molecule has 0 unspecified atom stereocenters. The largest absolute Gasteiger partial charge is 0.497 e. The van der Waals surface area contributed by atoms with Gasteiger partial charge in [-0.15, -0.1) is 10.2 Å². The molecule has 0 bridgehead atoms. The van der Waals surface area contributed by atoms with E-state index in [0.717, 1.165) is 11.0 Å². The molecule has 5 aromatic rings. The predicted octanol–water partition coefficient (Wildman–Crippen LogP) is 4.33. The molecule has 0 atom stereocenters. The molecular weight excluding hydrogens is 394 g/mol. The number of methoxy groups -OCH3 is 1. The zero-order valence-corrected chi connectivity index (χ0v) is 16.5. The van der Waals surface area contributed by atoms with E-state index in [9.17, 15) is 4.79 Å². The summed E-state index contributed by atoms with van der Waals surface area (Å²) in [6, 6.07) is 21.7. The van der Waals surface area contributed by atoms with Crippen LogP contribution in [0.5, 0.6) is 17.4 Å². The summed E-state index contributed by atoms with van der Waals surface area (Å²) in [5.74, 6) is 1.05. The Hall–Kier alpha value is -4.46. The summed E-state index contributed by atoms with van der Waals surface area (Å²) < 4.78 is 13.1. The van der Waals surface area contributed by atoms with Gasteiger partial charge < -0.3 is 14.8 Å². The van der Waals surface area contributed by atoms with Gasteiger partial charge in [0.2, 0.25) is 5.65 Å². The fourth-order valence-corrected chi connectivity index (χ4v) is 3.27. The lowest BCUT2D eigenvalue weighted by Crippen LogP contribution is -2.12. The van der Waals surface area contributed by atoms with Crippen LogP contribution in [-0.2, 0) is 0 Å². The third-order valence-corrected chi connectivity index (χ3v) is 4.78. The molecule has 3 aromatic carbocycles. The molecule has 1 amide bonds. The van der Waals surface area contributed by atoms with E-state index in [2.05, 4.69) is 20.5 Å². The topological polar surface area (TPSA) is 90.6 Å². The Bertz CT molecular complexity index is 1410. The van der Waals surface area contributed by atoms with Crippen LogP contribution >= 0.6 is 0 Å². The van der Waals surface area contributed by atoms with Gasteiger partial charge in [0.1, 0.15) is 12.1 Å². The van der Waals surface area contributed by atoms with Crippen molar-refractivity contribution in [2.24, 2.45) is 0 Å². The normalized spacial score (nSPS) is 10.9. The number of nitrogens with one attached hydrogen (secondary N) is 1. The van der Waals surface area contributed by atoms with Crippen molar-refractivity contribution in [3.63, 3.8) is 0 Å². The molecule has 31 heavy (non-hydrogen) atoms. The van der Waals surface area contributed by atoms with E-state index in [0.29, 0.717) is 34.3 Å². The van der Waals surface area contributed by atoms with Gasteiger partial charge in [-0.2, -0.15) is 0 Å². The van der Waals surface area contributed by atoms with E-state index in [1.807, 2.05) is 40.8 Å². The molecule has 0 spiro atoms. The molecule has 2 heterocycles. The van der Waals surface area contributed by atoms with Gasteiger partial charge in [-0.3, -0.25) is 9.20 Å². The smallest absolute Gasteiger partial charge is 0.266 e. The van der Waals surface area contributed by atoms with E-state index in [4.69, 9.17) is 9.47 Å². The minimum Gasteiger partial charge on any atom is -0.497 e. The molecule has 1 N–H and O–H groups in total. The molecule has 0 fully saturated rings. The maximum atomic E-state index is 12.8. The number of amides is 1. The Morgan fingerprint density at radius 2 is 1.84 bits per heavy atom. The summed E-state index contributed by atoms with van der Waals surface area (Å²) in [5.41, 5.74) is 3.06. The maximum Gasteiger partial charge on any atom is 0.266 e. The molecule has 0 radical (unpaired) electrons. The number of nitrogens with zero attached hydrogens (tertiary/aromatic N) is 4. The first kappa shape index (κ1) is 18.6. The third-order valence-electron chi connectivity index (χ3n) is 4.78. The second-order valence-electron chi connectivity index (χ2n) is 6.71. The van der Waals surface area contributed by atoms with Crippen molar-refractivity contribution in [2.45, 2.75) is 0 Å². The number of ether oxygens (including phenoxy) is 2. The summed E-state index contributed by atoms with van der Waals surface area (Å²) in [6.07, 6.45) is 1.61. The first-order valence-corrected chi connectivity index (χ1v) is 9.54. The van der Waals surface area contributed by atoms with Crippen molar-refractivity contribution < 1.29 is 14.3 Å². The number of anilines is 1. The molecular formula is C23H17N5O3. The Morgan fingerprint density at radius 3 is 2.74 bits per heavy atom. The van der Waals surface area contributed by atoms with Gasteiger partial charge in [-0.25, -0.2) is 4.98 Å². The van der Waals surface area contributed by atoms with E-state index < -0.39 is 0 Å². The molecule has 2 aromatic heterocycles. The third kappa shape index (κ3) is 3.51. The van der Waals surface area contributed by atoms with E-state index in [-0.39, 0.29) is 5.91 Å². The number of para-hydroxylation sites is 4. The van der Waals surface area contributed by atoms with Gasteiger partial charge in [-0.1, -0.05) is 30.3 Å². The average Bonchev–Trinajstić information content (AvgIpc) is 3.31. The number of rotatable bonds is 5. The second-order valence-corrected chi connectivity index (χ2v) is 6.71. The summed E-state index contributed by atoms with van der Waals surface area (Å²) in [4.78, 5) is 17.4. The van der Waals surface area contributed by atoms with Crippen LogP contribution in [0.2, 0.25) is 0 Å². The summed E-state index contributed by atoms with van der Waals surface area (Å²) in [7, 11) is 1.56. The van der Waals surface area contributed by atoms with Crippen LogP contribution in [0.1, 0.15) is 10.4 Å². The minimum atomic E-state index is -0.283. The highest BCUT2D eigenvalue weighted by atomic mass is 16.5. The highest BCUT2D eigenvalue weighted by molar-refractivity contribution is 6.05. The van der Waals surface area contributed by atoms with Crippen molar-refractivity contribution in [3.05, 3.63) is 84.7 Å². The quantitative estimate of drug-likeness (QED) is 0.463. The fourth-order valence-electron chi connectivity index (χ4n) is 3.27. The highest BCUT2D eigenvalue weighted by Crippen LogP contribution is 2.32. The first-order valence-electron chi connectivity index (χ1n) is 9.54. The number of hydrogen-bond donors (Lipinski definition) is 1.